The Hall–Kier alpha value is -4.16. The SMILES string of the molecule is N[C@H](CNc1cnc(-c2ccccc2O)c(-c2ccc3[nH]ncc3c2)c1)Cc1ccccc1. The third kappa shape index (κ3) is 4.56. The maximum absolute atomic E-state index is 10.5. The van der Waals surface area contributed by atoms with Gasteiger partial charge in [0.15, 0.2) is 0 Å². The third-order valence-corrected chi connectivity index (χ3v) is 5.71. The zero-order valence-electron chi connectivity index (χ0n) is 18.1. The van der Waals surface area contributed by atoms with Gasteiger partial charge in [0, 0.05) is 29.1 Å². The molecule has 1 atom stereocenters. The van der Waals surface area contributed by atoms with Gasteiger partial charge in [-0.25, -0.2) is 0 Å². The van der Waals surface area contributed by atoms with Crippen LogP contribution in [-0.4, -0.2) is 32.9 Å². The van der Waals surface area contributed by atoms with Crippen molar-refractivity contribution in [3.05, 3.63) is 96.8 Å². The number of phenols is 1. The minimum Gasteiger partial charge on any atom is -0.507 e. The van der Waals surface area contributed by atoms with Crippen LogP contribution in [0.2, 0.25) is 0 Å². The van der Waals surface area contributed by atoms with E-state index in [0.717, 1.165) is 39.8 Å². The van der Waals surface area contributed by atoms with E-state index >= 15 is 0 Å². The van der Waals surface area contributed by atoms with Crippen molar-refractivity contribution in [1.29, 1.82) is 0 Å². The molecule has 0 aliphatic carbocycles. The van der Waals surface area contributed by atoms with Crippen molar-refractivity contribution >= 4 is 16.6 Å². The molecule has 6 heteroatoms. The molecule has 0 aliphatic heterocycles. The number of phenolic OH excluding ortho intramolecular Hbond substituents is 1. The highest BCUT2D eigenvalue weighted by atomic mass is 16.3. The Kier molecular flexibility index (Phi) is 5.74. The number of nitrogens with zero attached hydrogens (tertiary/aromatic N) is 2. The summed E-state index contributed by atoms with van der Waals surface area (Å²) >= 11 is 0. The van der Waals surface area contributed by atoms with Gasteiger partial charge in [0.25, 0.3) is 0 Å². The number of nitrogens with one attached hydrogen (secondary N) is 2. The minimum absolute atomic E-state index is 0.0315. The normalized spacial score (nSPS) is 12.0. The van der Waals surface area contributed by atoms with Crippen molar-refractivity contribution in [3.8, 4) is 28.1 Å². The van der Waals surface area contributed by atoms with Gasteiger partial charge in [-0.05, 0) is 47.9 Å². The monoisotopic (exact) mass is 435 g/mol. The first kappa shape index (κ1) is 20.7. The Morgan fingerprint density at radius 3 is 2.58 bits per heavy atom. The lowest BCUT2D eigenvalue weighted by Crippen LogP contribution is -2.31. The van der Waals surface area contributed by atoms with Gasteiger partial charge in [-0.2, -0.15) is 5.10 Å². The average Bonchev–Trinajstić information content (AvgIpc) is 3.32. The topological polar surface area (TPSA) is 99.9 Å². The molecule has 0 spiro atoms. The lowest BCUT2D eigenvalue weighted by atomic mass is 9.97. The highest BCUT2D eigenvalue weighted by Crippen LogP contribution is 2.37. The minimum atomic E-state index is -0.0315. The highest BCUT2D eigenvalue weighted by Gasteiger charge is 2.15. The molecule has 2 heterocycles. The number of hydrogen-bond donors (Lipinski definition) is 4. The second kappa shape index (κ2) is 9.14. The van der Waals surface area contributed by atoms with E-state index in [1.807, 2.05) is 42.5 Å². The third-order valence-electron chi connectivity index (χ3n) is 5.71. The fourth-order valence-electron chi connectivity index (χ4n) is 4.02. The summed E-state index contributed by atoms with van der Waals surface area (Å²) in [5.74, 6) is 0.196. The van der Waals surface area contributed by atoms with Crippen LogP contribution in [0.3, 0.4) is 0 Å². The molecule has 5 aromatic rings. The number of H-pyrrole nitrogens is 1. The molecular weight excluding hydrogens is 410 g/mol. The lowest BCUT2D eigenvalue weighted by Gasteiger charge is -2.16. The van der Waals surface area contributed by atoms with Crippen molar-refractivity contribution in [2.24, 2.45) is 5.73 Å². The average molecular weight is 436 g/mol. The summed E-state index contributed by atoms with van der Waals surface area (Å²) in [7, 11) is 0. The van der Waals surface area contributed by atoms with Gasteiger partial charge in [0.1, 0.15) is 5.75 Å². The first-order valence-electron chi connectivity index (χ1n) is 10.9. The number of fused-ring (bicyclic) bond motifs is 1. The molecule has 0 bridgehead atoms. The Balaban J connectivity index is 1.46. The van der Waals surface area contributed by atoms with E-state index < -0.39 is 0 Å². The van der Waals surface area contributed by atoms with Gasteiger partial charge in [-0.15, -0.1) is 0 Å². The summed E-state index contributed by atoms with van der Waals surface area (Å²) in [6.07, 6.45) is 4.38. The molecule has 0 unspecified atom stereocenters. The lowest BCUT2D eigenvalue weighted by molar-refractivity contribution is 0.477. The van der Waals surface area contributed by atoms with E-state index in [0.29, 0.717) is 12.1 Å². The maximum atomic E-state index is 10.5. The smallest absolute Gasteiger partial charge is 0.124 e. The molecule has 0 radical (unpaired) electrons. The van der Waals surface area contributed by atoms with Gasteiger partial charge in [-0.1, -0.05) is 48.5 Å². The molecule has 0 amide bonds. The number of pyridine rings is 1. The largest absolute Gasteiger partial charge is 0.507 e. The number of aromatic hydroxyl groups is 1. The summed E-state index contributed by atoms with van der Waals surface area (Å²) in [5.41, 5.74) is 12.7. The molecule has 5 N–H and O–H groups in total. The molecule has 0 aliphatic rings. The number of hydrogen-bond acceptors (Lipinski definition) is 5. The number of nitrogens with two attached hydrogens (primary N) is 1. The number of benzene rings is 3. The van der Waals surface area contributed by atoms with Crippen LogP contribution in [0.5, 0.6) is 5.75 Å². The second-order valence-electron chi connectivity index (χ2n) is 8.14. The fraction of sp³-hybridized carbons (Fsp3) is 0.111. The zero-order valence-corrected chi connectivity index (χ0v) is 18.1. The first-order valence-corrected chi connectivity index (χ1v) is 10.9. The molecule has 6 nitrogen and oxygen atoms in total. The summed E-state index contributed by atoms with van der Waals surface area (Å²) in [5, 5.41) is 22.0. The zero-order chi connectivity index (χ0) is 22.6. The maximum Gasteiger partial charge on any atom is 0.124 e. The fourth-order valence-corrected chi connectivity index (χ4v) is 4.02. The van der Waals surface area contributed by atoms with Crippen molar-refractivity contribution in [2.75, 3.05) is 11.9 Å². The highest BCUT2D eigenvalue weighted by molar-refractivity contribution is 5.90. The van der Waals surface area contributed by atoms with E-state index in [2.05, 4.69) is 39.8 Å². The van der Waals surface area contributed by atoms with Crippen LogP contribution < -0.4 is 11.1 Å². The van der Waals surface area contributed by atoms with E-state index in [-0.39, 0.29) is 11.8 Å². The molecule has 0 fully saturated rings. The van der Waals surface area contributed by atoms with Crippen LogP contribution in [0.4, 0.5) is 5.69 Å². The van der Waals surface area contributed by atoms with Crippen molar-refractivity contribution in [2.45, 2.75) is 12.5 Å². The van der Waals surface area contributed by atoms with Crippen LogP contribution >= 0.6 is 0 Å². The Morgan fingerprint density at radius 1 is 0.909 bits per heavy atom. The predicted molar refractivity (Wildman–Crippen MR) is 133 cm³/mol. The number of anilines is 1. The van der Waals surface area contributed by atoms with Crippen LogP contribution in [0.25, 0.3) is 33.3 Å². The molecule has 0 saturated carbocycles. The quantitative estimate of drug-likeness (QED) is 0.289. The first-order chi connectivity index (χ1) is 16.2. The van der Waals surface area contributed by atoms with Gasteiger partial charge in [0.2, 0.25) is 0 Å². The number of rotatable bonds is 7. The van der Waals surface area contributed by atoms with E-state index in [4.69, 9.17) is 10.7 Å². The molecule has 33 heavy (non-hydrogen) atoms. The molecule has 0 saturated heterocycles. The van der Waals surface area contributed by atoms with Crippen molar-refractivity contribution < 1.29 is 5.11 Å². The predicted octanol–water partition coefficient (Wildman–Crippen LogP) is 4.98. The van der Waals surface area contributed by atoms with Crippen LogP contribution in [-0.2, 0) is 6.42 Å². The van der Waals surface area contributed by atoms with Gasteiger partial charge < -0.3 is 16.2 Å². The molecule has 164 valence electrons. The van der Waals surface area contributed by atoms with E-state index in [9.17, 15) is 5.11 Å². The summed E-state index contributed by atoms with van der Waals surface area (Å²) in [6.45, 7) is 0.618. The molecule has 3 aromatic carbocycles. The second-order valence-corrected chi connectivity index (χ2v) is 8.14. The number of para-hydroxylation sites is 1. The van der Waals surface area contributed by atoms with Crippen LogP contribution in [0, 0.1) is 0 Å². The number of aromatic nitrogens is 3. The van der Waals surface area contributed by atoms with E-state index in [1.165, 1.54) is 5.56 Å². The van der Waals surface area contributed by atoms with Crippen LogP contribution in [0.1, 0.15) is 5.56 Å². The van der Waals surface area contributed by atoms with Gasteiger partial charge >= 0.3 is 0 Å². The molecular formula is C27H25N5O. The molecule has 2 aromatic heterocycles. The standard InChI is InChI=1S/C27H25N5O/c28-21(12-18-6-2-1-3-7-18)16-29-22-14-24(19-10-11-25-20(13-19)15-31-32-25)27(30-17-22)23-8-4-5-9-26(23)33/h1-11,13-15,17,21,29,33H,12,16,28H2,(H,31,32)/t21-/m0/s1. The van der Waals surface area contributed by atoms with Crippen molar-refractivity contribution in [1.82, 2.24) is 15.2 Å². The summed E-state index contributed by atoms with van der Waals surface area (Å²) in [4.78, 5) is 4.73. The summed E-state index contributed by atoms with van der Waals surface area (Å²) < 4.78 is 0. The van der Waals surface area contributed by atoms with Gasteiger partial charge in [-0.3, -0.25) is 10.1 Å². The Morgan fingerprint density at radius 2 is 1.73 bits per heavy atom. The summed E-state index contributed by atoms with van der Waals surface area (Å²) in [6, 6.07) is 25.6. The van der Waals surface area contributed by atoms with E-state index in [1.54, 1.807) is 24.5 Å². The van der Waals surface area contributed by atoms with Gasteiger partial charge in [0.05, 0.1) is 29.3 Å². The van der Waals surface area contributed by atoms with Crippen LogP contribution in [0.15, 0.2) is 91.3 Å². The van der Waals surface area contributed by atoms with Crippen molar-refractivity contribution in [3.63, 3.8) is 0 Å². The number of aromatic amines is 1. The Bertz CT molecular complexity index is 1380. The molecule has 5 rings (SSSR count). The Labute approximate surface area is 192 Å².